The van der Waals surface area contributed by atoms with Crippen molar-refractivity contribution in [1.82, 2.24) is 5.43 Å². The van der Waals surface area contributed by atoms with Crippen molar-refractivity contribution in [2.45, 2.75) is 20.8 Å². The van der Waals surface area contributed by atoms with E-state index in [0.29, 0.717) is 10.2 Å². The van der Waals surface area contributed by atoms with Crippen LogP contribution in [0.15, 0.2) is 33.8 Å². The Balaban J connectivity index is 2.02. The minimum absolute atomic E-state index is 0.0858. The second kappa shape index (κ2) is 8.63. The molecule has 2 rings (SSSR count). The van der Waals surface area contributed by atoms with Crippen LogP contribution in [-0.2, 0) is 4.79 Å². The van der Waals surface area contributed by atoms with Crippen LogP contribution in [0, 0.1) is 30.9 Å². The number of nitro groups is 1. The number of aryl methyl sites for hydroxylation is 2. The highest BCUT2D eigenvalue weighted by molar-refractivity contribution is 9.10. The van der Waals surface area contributed by atoms with Gasteiger partial charge in [-0.25, -0.2) is 5.43 Å². The Morgan fingerprint density at radius 2 is 2.00 bits per heavy atom. The van der Waals surface area contributed by atoms with Crippen LogP contribution in [0.25, 0.3) is 0 Å². The fourth-order valence-corrected chi connectivity index (χ4v) is 2.80. The van der Waals surface area contributed by atoms with Gasteiger partial charge in [0.05, 0.1) is 11.1 Å². The largest absolute Gasteiger partial charge is 0.502 e. The van der Waals surface area contributed by atoms with E-state index >= 15 is 0 Å². The highest BCUT2D eigenvalue weighted by Gasteiger charge is 2.17. The topological polar surface area (TPSA) is 114 Å². The summed E-state index contributed by atoms with van der Waals surface area (Å²) in [6.45, 7) is 5.51. The summed E-state index contributed by atoms with van der Waals surface area (Å²) >= 11 is 3.12. The smallest absolute Gasteiger partial charge is 0.312 e. The molecular formula is C18H18BrN3O5. The van der Waals surface area contributed by atoms with Crippen LogP contribution in [-0.4, -0.2) is 28.8 Å². The van der Waals surface area contributed by atoms with Crippen molar-refractivity contribution in [3.63, 3.8) is 0 Å². The molecule has 0 atom stereocenters. The van der Waals surface area contributed by atoms with Crippen molar-refractivity contribution in [3.8, 4) is 11.5 Å². The quantitative estimate of drug-likeness (QED) is 0.409. The zero-order valence-corrected chi connectivity index (χ0v) is 16.5. The number of nitro benzene ring substituents is 1. The SMILES string of the molecule is Cc1ccc(C)c(OCC(=O)NN=Cc2cc(Br)cc([N+](=O)[O-])c2O)c1C. The number of rotatable bonds is 6. The summed E-state index contributed by atoms with van der Waals surface area (Å²) < 4.78 is 5.97. The minimum Gasteiger partial charge on any atom is -0.502 e. The fraction of sp³-hybridized carbons (Fsp3) is 0.222. The van der Waals surface area contributed by atoms with Gasteiger partial charge in [-0.3, -0.25) is 14.9 Å². The number of carbonyl (C=O) groups excluding carboxylic acids is 1. The minimum atomic E-state index is -0.712. The van der Waals surface area contributed by atoms with Gasteiger partial charge >= 0.3 is 5.69 Å². The number of amides is 1. The van der Waals surface area contributed by atoms with E-state index in [1.54, 1.807) is 0 Å². The molecule has 27 heavy (non-hydrogen) atoms. The number of hydrogen-bond acceptors (Lipinski definition) is 6. The van der Waals surface area contributed by atoms with E-state index in [4.69, 9.17) is 4.74 Å². The molecule has 2 aromatic carbocycles. The van der Waals surface area contributed by atoms with Gasteiger partial charge in [0.1, 0.15) is 5.75 Å². The lowest BCUT2D eigenvalue weighted by Crippen LogP contribution is -2.25. The van der Waals surface area contributed by atoms with Crippen molar-refractivity contribution in [2.75, 3.05) is 6.61 Å². The van der Waals surface area contributed by atoms with E-state index in [0.717, 1.165) is 22.9 Å². The third-order valence-electron chi connectivity index (χ3n) is 3.89. The highest BCUT2D eigenvalue weighted by atomic mass is 79.9. The number of halogens is 1. The standard InChI is InChI=1S/C18H18BrN3O5/c1-10-4-5-11(2)18(12(10)3)27-9-16(23)21-20-8-13-6-14(19)7-15(17(13)24)22(25)26/h4-8,24H,9H2,1-3H3,(H,21,23). The zero-order chi connectivity index (χ0) is 20.1. The Hall–Kier alpha value is -2.94. The lowest BCUT2D eigenvalue weighted by molar-refractivity contribution is -0.385. The number of phenolic OH excluding ortho intramolecular Hbond substituents is 1. The van der Waals surface area contributed by atoms with Gasteiger partial charge in [0.15, 0.2) is 6.61 Å². The van der Waals surface area contributed by atoms with Gasteiger partial charge in [0.25, 0.3) is 5.91 Å². The number of nitrogens with one attached hydrogen (secondary N) is 1. The lowest BCUT2D eigenvalue weighted by Gasteiger charge is -2.13. The maximum atomic E-state index is 11.9. The maximum absolute atomic E-state index is 11.9. The number of nitrogens with zero attached hydrogens (tertiary/aromatic N) is 2. The number of benzene rings is 2. The molecule has 2 aromatic rings. The summed E-state index contributed by atoms with van der Waals surface area (Å²) in [4.78, 5) is 22.1. The van der Waals surface area contributed by atoms with E-state index in [1.165, 1.54) is 12.1 Å². The second-order valence-electron chi connectivity index (χ2n) is 5.86. The Bertz CT molecular complexity index is 928. The number of hydrogen-bond donors (Lipinski definition) is 2. The molecule has 0 radical (unpaired) electrons. The molecule has 1 amide bonds. The van der Waals surface area contributed by atoms with Gasteiger partial charge in [0.2, 0.25) is 5.75 Å². The number of carbonyl (C=O) groups is 1. The van der Waals surface area contributed by atoms with Gasteiger partial charge < -0.3 is 9.84 Å². The van der Waals surface area contributed by atoms with Crippen molar-refractivity contribution >= 4 is 33.7 Å². The van der Waals surface area contributed by atoms with Crippen LogP contribution in [0.2, 0.25) is 0 Å². The van der Waals surface area contributed by atoms with Gasteiger partial charge in [-0.2, -0.15) is 5.10 Å². The maximum Gasteiger partial charge on any atom is 0.312 e. The molecule has 0 bridgehead atoms. The Morgan fingerprint density at radius 3 is 2.67 bits per heavy atom. The Kier molecular flexibility index (Phi) is 6.51. The molecule has 0 saturated carbocycles. The third kappa shape index (κ3) is 5.04. The summed E-state index contributed by atoms with van der Waals surface area (Å²) in [5, 5.41) is 24.5. The molecule has 0 spiro atoms. The van der Waals surface area contributed by atoms with Gasteiger partial charge in [-0.05, 0) is 43.5 Å². The van der Waals surface area contributed by atoms with Crippen LogP contribution in [0.1, 0.15) is 22.3 Å². The van der Waals surface area contributed by atoms with Crippen molar-refractivity contribution in [1.29, 1.82) is 0 Å². The molecule has 2 N–H and O–H groups in total. The fourth-order valence-electron chi connectivity index (χ4n) is 2.33. The number of hydrazone groups is 1. The molecule has 0 fully saturated rings. The van der Waals surface area contributed by atoms with Gasteiger partial charge in [-0.15, -0.1) is 0 Å². The zero-order valence-electron chi connectivity index (χ0n) is 14.9. The molecule has 0 heterocycles. The predicted octanol–water partition coefficient (Wildman–Crippen LogP) is 3.52. The average molecular weight is 436 g/mol. The normalized spacial score (nSPS) is 10.8. The van der Waals surface area contributed by atoms with Crippen LogP contribution in [0.4, 0.5) is 5.69 Å². The summed E-state index contributed by atoms with van der Waals surface area (Å²) in [5.74, 6) is -0.395. The first-order valence-electron chi connectivity index (χ1n) is 7.89. The van der Waals surface area contributed by atoms with Crippen LogP contribution < -0.4 is 10.2 Å². The predicted molar refractivity (Wildman–Crippen MR) is 104 cm³/mol. The Labute approximate surface area is 164 Å². The first kappa shape index (κ1) is 20.4. The molecule has 0 unspecified atom stereocenters. The van der Waals surface area contributed by atoms with Crippen molar-refractivity contribution < 1.29 is 19.6 Å². The molecule has 0 aromatic heterocycles. The molecule has 9 heteroatoms. The lowest BCUT2D eigenvalue weighted by atomic mass is 10.1. The van der Waals surface area contributed by atoms with E-state index < -0.39 is 22.3 Å². The molecular weight excluding hydrogens is 418 g/mol. The van der Waals surface area contributed by atoms with E-state index in [1.807, 2.05) is 32.9 Å². The Morgan fingerprint density at radius 1 is 1.33 bits per heavy atom. The van der Waals surface area contributed by atoms with Gasteiger partial charge in [0, 0.05) is 16.1 Å². The summed E-state index contributed by atoms with van der Waals surface area (Å²) in [7, 11) is 0. The second-order valence-corrected chi connectivity index (χ2v) is 6.77. The highest BCUT2D eigenvalue weighted by Crippen LogP contribution is 2.32. The van der Waals surface area contributed by atoms with Crippen LogP contribution in [0.3, 0.4) is 0 Å². The molecule has 0 saturated heterocycles. The summed E-state index contributed by atoms with van der Waals surface area (Å²) in [5.41, 5.74) is 4.81. The summed E-state index contributed by atoms with van der Waals surface area (Å²) in [6.07, 6.45) is 1.12. The van der Waals surface area contributed by atoms with Crippen LogP contribution >= 0.6 is 15.9 Å². The number of ether oxygens (including phenoxy) is 1. The average Bonchev–Trinajstić information content (AvgIpc) is 2.60. The van der Waals surface area contributed by atoms with Crippen molar-refractivity contribution in [3.05, 3.63) is 61.1 Å². The van der Waals surface area contributed by atoms with E-state index in [9.17, 15) is 20.0 Å². The van der Waals surface area contributed by atoms with Crippen molar-refractivity contribution in [2.24, 2.45) is 5.10 Å². The molecule has 0 aliphatic rings. The van der Waals surface area contributed by atoms with E-state index in [-0.39, 0.29) is 12.2 Å². The number of aromatic hydroxyl groups is 1. The monoisotopic (exact) mass is 435 g/mol. The van der Waals surface area contributed by atoms with Crippen LogP contribution in [0.5, 0.6) is 11.5 Å². The third-order valence-corrected chi connectivity index (χ3v) is 4.35. The van der Waals surface area contributed by atoms with E-state index in [2.05, 4.69) is 26.5 Å². The molecule has 0 aliphatic heterocycles. The summed E-state index contributed by atoms with van der Waals surface area (Å²) in [6, 6.07) is 6.50. The molecule has 0 aliphatic carbocycles. The van der Waals surface area contributed by atoms with Gasteiger partial charge in [-0.1, -0.05) is 28.1 Å². The molecule has 8 nitrogen and oxygen atoms in total. The molecule has 142 valence electrons. The first-order chi connectivity index (χ1) is 12.7. The first-order valence-corrected chi connectivity index (χ1v) is 8.68. The number of phenols is 1.